The molecule has 15 heavy (non-hydrogen) atoms. The average Bonchev–Trinajstić information content (AvgIpc) is 2.85. The topological polar surface area (TPSA) is 55.3 Å². The van der Waals surface area contributed by atoms with E-state index in [4.69, 9.17) is 5.73 Å². The van der Waals surface area contributed by atoms with Crippen LogP contribution in [0.5, 0.6) is 0 Å². The Morgan fingerprint density at radius 3 is 3.20 bits per heavy atom. The van der Waals surface area contributed by atoms with Crippen molar-refractivity contribution in [1.29, 1.82) is 0 Å². The highest BCUT2D eigenvalue weighted by Crippen LogP contribution is 2.24. The number of anilines is 1. The molecule has 1 unspecified atom stereocenters. The number of pyridine rings is 1. The molecule has 0 saturated carbocycles. The fraction of sp³-hybridized carbons (Fsp3) is 0.364. The van der Waals surface area contributed by atoms with Gasteiger partial charge in [0.15, 0.2) is 0 Å². The van der Waals surface area contributed by atoms with Crippen LogP contribution in [-0.2, 0) is 0 Å². The van der Waals surface area contributed by atoms with Crippen molar-refractivity contribution in [2.45, 2.75) is 12.3 Å². The highest BCUT2D eigenvalue weighted by atomic mass is 15.1. The third-order valence-electron chi connectivity index (χ3n) is 3.03. The number of hydrogen-bond acceptors (Lipinski definition) is 3. The third kappa shape index (κ3) is 1.29. The minimum Gasteiger partial charge on any atom is -0.385 e. The number of fused-ring (bicyclic) bond motifs is 1. The molecule has 0 aromatic carbocycles. The Morgan fingerprint density at radius 2 is 2.40 bits per heavy atom. The van der Waals surface area contributed by atoms with Crippen LogP contribution in [0, 0.1) is 0 Å². The summed E-state index contributed by atoms with van der Waals surface area (Å²) in [6.07, 6.45) is 3.04. The molecule has 0 amide bonds. The van der Waals surface area contributed by atoms with Gasteiger partial charge in [-0.3, -0.25) is 4.40 Å². The van der Waals surface area contributed by atoms with Crippen molar-refractivity contribution in [3.05, 3.63) is 30.2 Å². The summed E-state index contributed by atoms with van der Waals surface area (Å²) in [5, 5.41) is 3.35. The lowest BCUT2D eigenvalue weighted by Crippen LogP contribution is -2.11. The molecule has 1 fully saturated rings. The number of nitrogen functional groups attached to an aromatic ring is 1. The molecule has 1 aliphatic rings. The van der Waals surface area contributed by atoms with Crippen LogP contribution < -0.4 is 11.1 Å². The number of imidazole rings is 1. The van der Waals surface area contributed by atoms with Gasteiger partial charge in [0.2, 0.25) is 0 Å². The first-order valence-corrected chi connectivity index (χ1v) is 5.29. The smallest absolute Gasteiger partial charge is 0.119 e. The van der Waals surface area contributed by atoms with Gasteiger partial charge in [-0.2, -0.15) is 0 Å². The maximum atomic E-state index is 5.97. The van der Waals surface area contributed by atoms with E-state index in [-0.39, 0.29) is 0 Å². The van der Waals surface area contributed by atoms with Gasteiger partial charge in [-0.05, 0) is 25.1 Å². The number of nitrogens with two attached hydrogens (primary N) is 1. The lowest BCUT2D eigenvalue weighted by molar-refractivity contribution is 0.701. The van der Waals surface area contributed by atoms with Gasteiger partial charge in [-0.25, -0.2) is 4.98 Å². The molecule has 0 spiro atoms. The number of aromatic nitrogens is 2. The van der Waals surface area contributed by atoms with Gasteiger partial charge < -0.3 is 11.1 Å². The third-order valence-corrected chi connectivity index (χ3v) is 3.03. The van der Waals surface area contributed by atoms with Crippen molar-refractivity contribution >= 4 is 11.3 Å². The Kier molecular flexibility index (Phi) is 1.89. The van der Waals surface area contributed by atoms with Crippen molar-refractivity contribution < 1.29 is 0 Å². The van der Waals surface area contributed by atoms with Gasteiger partial charge in [0.1, 0.15) is 11.6 Å². The highest BCUT2D eigenvalue weighted by Gasteiger charge is 2.21. The van der Waals surface area contributed by atoms with Crippen LogP contribution in [0.25, 0.3) is 5.52 Å². The molecule has 3 N–H and O–H groups in total. The molecule has 1 atom stereocenters. The van der Waals surface area contributed by atoms with E-state index in [1.54, 1.807) is 0 Å². The standard InChI is InChI=1S/C11H14N4/c12-10-3-1-2-9-7-14-11(15(9)10)8-4-5-13-6-8/h1-3,7-8,13H,4-6,12H2. The molecule has 2 aromatic rings. The van der Waals surface area contributed by atoms with Crippen molar-refractivity contribution in [2.75, 3.05) is 18.8 Å². The van der Waals surface area contributed by atoms with Crippen LogP contribution in [0.4, 0.5) is 5.82 Å². The molecular weight excluding hydrogens is 188 g/mol. The molecule has 3 heterocycles. The van der Waals surface area contributed by atoms with E-state index in [1.165, 1.54) is 0 Å². The first kappa shape index (κ1) is 8.73. The van der Waals surface area contributed by atoms with Crippen molar-refractivity contribution in [3.63, 3.8) is 0 Å². The largest absolute Gasteiger partial charge is 0.385 e. The number of hydrogen-bond donors (Lipinski definition) is 2. The molecule has 3 rings (SSSR count). The van der Waals surface area contributed by atoms with Crippen LogP contribution in [0.2, 0.25) is 0 Å². The minimum atomic E-state index is 0.497. The average molecular weight is 202 g/mol. The van der Waals surface area contributed by atoms with Gasteiger partial charge in [0, 0.05) is 12.5 Å². The molecule has 0 radical (unpaired) electrons. The molecule has 1 aliphatic heterocycles. The molecule has 1 saturated heterocycles. The summed E-state index contributed by atoms with van der Waals surface area (Å²) in [7, 11) is 0. The number of nitrogens with one attached hydrogen (secondary N) is 1. The summed E-state index contributed by atoms with van der Waals surface area (Å²) < 4.78 is 2.05. The Bertz CT molecular complexity index is 482. The van der Waals surface area contributed by atoms with Crippen LogP contribution >= 0.6 is 0 Å². The Morgan fingerprint density at radius 1 is 1.47 bits per heavy atom. The Hall–Kier alpha value is -1.55. The predicted molar refractivity (Wildman–Crippen MR) is 59.8 cm³/mol. The van der Waals surface area contributed by atoms with Crippen molar-refractivity contribution in [3.8, 4) is 0 Å². The fourth-order valence-electron chi connectivity index (χ4n) is 2.26. The molecule has 0 aliphatic carbocycles. The zero-order valence-corrected chi connectivity index (χ0v) is 8.48. The van der Waals surface area contributed by atoms with E-state index in [1.807, 2.05) is 24.4 Å². The Balaban J connectivity index is 2.18. The van der Waals surface area contributed by atoms with E-state index >= 15 is 0 Å². The van der Waals surface area contributed by atoms with Crippen molar-refractivity contribution in [1.82, 2.24) is 14.7 Å². The number of nitrogens with zero attached hydrogens (tertiary/aromatic N) is 2. The second-order valence-electron chi connectivity index (χ2n) is 4.02. The molecule has 2 aromatic heterocycles. The summed E-state index contributed by atoms with van der Waals surface area (Å²) in [5.74, 6) is 2.36. The second-order valence-corrected chi connectivity index (χ2v) is 4.02. The normalized spacial score (nSPS) is 21.2. The lowest BCUT2D eigenvalue weighted by Gasteiger charge is -2.09. The van der Waals surface area contributed by atoms with Crippen LogP contribution in [0.15, 0.2) is 24.4 Å². The van der Waals surface area contributed by atoms with Crippen LogP contribution in [0.1, 0.15) is 18.2 Å². The van der Waals surface area contributed by atoms with Crippen LogP contribution in [0.3, 0.4) is 0 Å². The molecule has 4 heteroatoms. The molecular formula is C11H14N4. The zero-order chi connectivity index (χ0) is 10.3. The first-order chi connectivity index (χ1) is 7.36. The Labute approximate surface area is 88.1 Å². The predicted octanol–water partition coefficient (Wildman–Crippen LogP) is 0.993. The maximum absolute atomic E-state index is 5.97. The van der Waals surface area contributed by atoms with Gasteiger partial charge >= 0.3 is 0 Å². The minimum absolute atomic E-state index is 0.497. The lowest BCUT2D eigenvalue weighted by atomic mass is 10.1. The monoisotopic (exact) mass is 202 g/mol. The van der Waals surface area contributed by atoms with Gasteiger partial charge in [-0.15, -0.1) is 0 Å². The van der Waals surface area contributed by atoms with E-state index in [0.717, 1.165) is 36.7 Å². The van der Waals surface area contributed by atoms with Crippen LogP contribution in [-0.4, -0.2) is 22.5 Å². The summed E-state index contributed by atoms with van der Waals surface area (Å²) in [6.45, 7) is 2.08. The summed E-state index contributed by atoms with van der Waals surface area (Å²) >= 11 is 0. The number of rotatable bonds is 1. The van der Waals surface area contributed by atoms with Gasteiger partial charge in [-0.1, -0.05) is 6.07 Å². The van der Waals surface area contributed by atoms with Crippen molar-refractivity contribution in [2.24, 2.45) is 0 Å². The van der Waals surface area contributed by atoms with E-state index in [9.17, 15) is 0 Å². The van der Waals surface area contributed by atoms with Gasteiger partial charge in [0.25, 0.3) is 0 Å². The second kappa shape index (κ2) is 3.24. The summed E-state index contributed by atoms with van der Waals surface area (Å²) in [4.78, 5) is 4.48. The fourth-order valence-corrected chi connectivity index (χ4v) is 2.26. The molecule has 4 nitrogen and oxygen atoms in total. The van der Waals surface area contributed by atoms with Gasteiger partial charge in [0.05, 0.1) is 11.7 Å². The van der Waals surface area contributed by atoms with E-state index in [0.29, 0.717) is 5.92 Å². The molecule has 78 valence electrons. The first-order valence-electron chi connectivity index (χ1n) is 5.29. The quantitative estimate of drug-likeness (QED) is 0.725. The molecule has 0 bridgehead atoms. The van der Waals surface area contributed by atoms with E-state index in [2.05, 4.69) is 14.7 Å². The highest BCUT2D eigenvalue weighted by molar-refractivity contribution is 5.53. The SMILES string of the molecule is Nc1cccc2cnc(C3CCNC3)n12. The van der Waals surface area contributed by atoms with E-state index < -0.39 is 0 Å². The summed E-state index contributed by atoms with van der Waals surface area (Å²) in [6, 6.07) is 5.92. The maximum Gasteiger partial charge on any atom is 0.119 e. The zero-order valence-electron chi connectivity index (χ0n) is 8.48. The summed E-state index contributed by atoms with van der Waals surface area (Å²) in [5.41, 5.74) is 7.05.